The Morgan fingerprint density at radius 3 is 2.35 bits per heavy atom. The molecule has 0 saturated carbocycles. The Morgan fingerprint density at radius 2 is 1.82 bits per heavy atom. The lowest BCUT2D eigenvalue weighted by Gasteiger charge is -2.16. The van der Waals surface area contributed by atoms with Gasteiger partial charge in [0.25, 0.3) is 0 Å². The Hall–Kier alpha value is -1.77. The summed E-state index contributed by atoms with van der Waals surface area (Å²) in [7, 11) is 0. The zero-order valence-corrected chi connectivity index (χ0v) is 10.6. The lowest BCUT2D eigenvalue weighted by Crippen LogP contribution is -2.29. The van der Waals surface area contributed by atoms with E-state index >= 15 is 0 Å². The van der Waals surface area contributed by atoms with Crippen LogP contribution >= 0.6 is 0 Å². The lowest BCUT2D eigenvalue weighted by atomic mass is 10.1. The van der Waals surface area contributed by atoms with Gasteiger partial charge in [-0.1, -0.05) is 29.8 Å². The number of hydrogen-bond acceptors (Lipinski definition) is 2. The lowest BCUT2D eigenvalue weighted by molar-refractivity contribution is 0.142. The van der Waals surface area contributed by atoms with Crippen LogP contribution in [0.25, 0.3) is 6.08 Å². The zero-order chi connectivity index (χ0) is 12.7. The van der Waals surface area contributed by atoms with Crippen LogP contribution in [0.2, 0.25) is 0 Å². The van der Waals surface area contributed by atoms with E-state index in [-0.39, 0.29) is 6.09 Å². The molecule has 1 aromatic carbocycles. The summed E-state index contributed by atoms with van der Waals surface area (Å²) in [6.45, 7) is 7.21. The number of carbonyl (C=O) groups excluding carboxylic acids is 1. The van der Waals surface area contributed by atoms with Crippen LogP contribution in [-0.4, -0.2) is 24.1 Å². The monoisotopic (exact) mass is 233 g/mol. The molecular weight excluding hydrogens is 214 g/mol. The summed E-state index contributed by atoms with van der Waals surface area (Å²) in [6.07, 6.45) is 2.91. The van der Waals surface area contributed by atoms with E-state index < -0.39 is 0 Å². The first-order valence-corrected chi connectivity index (χ1v) is 5.86. The minimum absolute atomic E-state index is 0.307. The van der Waals surface area contributed by atoms with E-state index in [2.05, 4.69) is 0 Å². The molecule has 0 aliphatic rings. The number of ether oxygens (including phenoxy) is 1. The van der Waals surface area contributed by atoms with Crippen LogP contribution in [0.5, 0.6) is 0 Å². The fraction of sp³-hybridized carbons (Fsp3) is 0.357. The van der Waals surface area contributed by atoms with Crippen molar-refractivity contribution in [1.82, 2.24) is 4.90 Å². The molecule has 0 bridgehead atoms. The third kappa shape index (κ3) is 4.31. The van der Waals surface area contributed by atoms with Crippen LogP contribution in [0.4, 0.5) is 4.79 Å². The molecule has 92 valence electrons. The van der Waals surface area contributed by atoms with E-state index in [1.807, 2.05) is 45.0 Å². The van der Waals surface area contributed by atoms with Gasteiger partial charge in [-0.25, -0.2) is 4.79 Å². The van der Waals surface area contributed by atoms with Crippen LogP contribution in [0.15, 0.2) is 30.5 Å². The van der Waals surface area contributed by atoms with Crippen molar-refractivity contribution in [2.24, 2.45) is 0 Å². The van der Waals surface area contributed by atoms with Crippen LogP contribution in [0, 0.1) is 6.92 Å². The second-order valence-corrected chi connectivity index (χ2v) is 3.77. The Labute approximate surface area is 103 Å². The standard InChI is InChI=1S/C14H19NO2/c1-4-15(5-2)14(16)17-11-10-13-8-6-12(3)7-9-13/h6-11H,4-5H2,1-3H3/b11-10-. The smallest absolute Gasteiger partial charge is 0.414 e. The molecule has 0 unspecified atom stereocenters. The summed E-state index contributed by atoms with van der Waals surface area (Å²) >= 11 is 0. The highest BCUT2D eigenvalue weighted by Crippen LogP contribution is 2.05. The average Bonchev–Trinajstić information content (AvgIpc) is 2.33. The van der Waals surface area contributed by atoms with E-state index in [0.29, 0.717) is 13.1 Å². The van der Waals surface area contributed by atoms with Crippen molar-refractivity contribution < 1.29 is 9.53 Å². The SMILES string of the molecule is CCN(CC)C(=O)O/C=C\c1ccc(C)cc1. The highest BCUT2D eigenvalue weighted by atomic mass is 16.5. The van der Waals surface area contributed by atoms with Gasteiger partial charge in [0, 0.05) is 13.1 Å². The molecule has 0 spiro atoms. The first-order chi connectivity index (χ1) is 8.17. The van der Waals surface area contributed by atoms with Gasteiger partial charge in [0.15, 0.2) is 0 Å². The maximum absolute atomic E-state index is 11.5. The fourth-order valence-electron chi connectivity index (χ4n) is 1.40. The van der Waals surface area contributed by atoms with Crippen LogP contribution < -0.4 is 0 Å². The van der Waals surface area contributed by atoms with Crippen LogP contribution in [-0.2, 0) is 4.74 Å². The Kier molecular flexibility index (Phi) is 5.27. The Balaban J connectivity index is 2.50. The predicted octanol–water partition coefficient (Wildman–Crippen LogP) is 3.44. The molecule has 0 N–H and O–H groups in total. The average molecular weight is 233 g/mol. The molecule has 0 fully saturated rings. The highest BCUT2D eigenvalue weighted by molar-refractivity contribution is 5.69. The number of nitrogens with zero attached hydrogens (tertiary/aromatic N) is 1. The second kappa shape index (κ2) is 6.74. The van der Waals surface area contributed by atoms with Gasteiger partial charge in [-0.15, -0.1) is 0 Å². The van der Waals surface area contributed by atoms with Crippen molar-refractivity contribution in [3.8, 4) is 0 Å². The molecule has 3 nitrogen and oxygen atoms in total. The van der Waals surface area contributed by atoms with E-state index in [1.54, 1.807) is 11.0 Å². The van der Waals surface area contributed by atoms with Gasteiger partial charge in [0.2, 0.25) is 0 Å². The number of rotatable bonds is 4. The highest BCUT2D eigenvalue weighted by Gasteiger charge is 2.08. The summed E-state index contributed by atoms with van der Waals surface area (Å²) in [4.78, 5) is 13.1. The van der Waals surface area contributed by atoms with Crippen molar-refractivity contribution in [2.45, 2.75) is 20.8 Å². The number of carbonyl (C=O) groups is 1. The van der Waals surface area contributed by atoms with Gasteiger partial charge in [0.1, 0.15) is 0 Å². The molecule has 1 rings (SSSR count). The molecule has 17 heavy (non-hydrogen) atoms. The fourth-order valence-corrected chi connectivity index (χ4v) is 1.40. The Bertz CT molecular complexity index is 378. The van der Waals surface area contributed by atoms with E-state index in [4.69, 9.17) is 4.74 Å². The summed E-state index contributed by atoms with van der Waals surface area (Å²) < 4.78 is 5.03. The minimum Gasteiger partial charge on any atom is -0.418 e. The largest absolute Gasteiger partial charge is 0.418 e. The number of amides is 1. The molecule has 0 saturated heterocycles. The normalized spacial score (nSPS) is 10.5. The van der Waals surface area contributed by atoms with Gasteiger partial charge in [-0.3, -0.25) is 0 Å². The molecule has 0 heterocycles. The van der Waals surface area contributed by atoms with Gasteiger partial charge in [-0.2, -0.15) is 0 Å². The molecule has 0 aromatic heterocycles. The molecule has 0 radical (unpaired) electrons. The number of hydrogen-bond donors (Lipinski definition) is 0. The van der Waals surface area contributed by atoms with Gasteiger partial charge >= 0.3 is 6.09 Å². The molecule has 0 atom stereocenters. The molecule has 3 heteroatoms. The number of aryl methyl sites for hydroxylation is 1. The zero-order valence-electron chi connectivity index (χ0n) is 10.6. The molecule has 0 aliphatic carbocycles. The molecular formula is C14H19NO2. The second-order valence-electron chi connectivity index (χ2n) is 3.77. The number of benzene rings is 1. The van der Waals surface area contributed by atoms with Gasteiger partial charge in [0.05, 0.1) is 6.26 Å². The van der Waals surface area contributed by atoms with Crippen molar-refractivity contribution in [2.75, 3.05) is 13.1 Å². The summed E-state index contributed by atoms with van der Waals surface area (Å²) in [5, 5.41) is 0. The van der Waals surface area contributed by atoms with E-state index in [9.17, 15) is 4.79 Å². The predicted molar refractivity (Wildman–Crippen MR) is 69.6 cm³/mol. The van der Waals surface area contributed by atoms with Crippen molar-refractivity contribution in [3.63, 3.8) is 0 Å². The van der Waals surface area contributed by atoms with Crippen LogP contribution in [0.1, 0.15) is 25.0 Å². The van der Waals surface area contributed by atoms with Gasteiger partial charge < -0.3 is 9.64 Å². The summed E-state index contributed by atoms with van der Waals surface area (Å²) in [5.74, 6) is 0. The first kappa shape index (κ1) is 13.3. The van der Waals surface area contributed by atoms with Crippen molar-refractivity contribution >= 4 is 12.2 Å². The van der Waals surface area contributed by atoms with E-state index in [0.717, 1.165) is 5.56 Å². The van der Waals surface area contributed by atoms with Crippen LogP contribution in [0.3, 0.4) is 0 Å². The molecule has 0 aliphatic heterocycles. The van der Waals surface area contributed by atoms with Crippen molar-refractivity contribution in [3.05, 3.63) is 41.7 Å². The summed E-state index contributed by atoms with van der Waals surface area (Å²) in [5.41, 5.74) is 2.23. The third-order valence-corrected chi connectivity index (χ3v) is 2.53. The Morgan fingerprint density at radius 1 is 1.24 bits per heavy atom. The van der Waals surface area contributed by atoms with Crippen molar-refractivity contribution in [1.29, 1.82) is 0 Å². The van der Waals surface area contributed by atoms with E-state index in [1.165, 1.54) is 11.8 Å². The topological polar surface area (TPSA) is 29.5 Å². The minimum atomic E-state index is -0.307. The van der Waals surface area contributed by atoms with Gasteiger partial charge in [-0.05, 0) is 32.4 Å². The first-order valence-electron chi connectivity index (χ1n) is 5.86. The molecule has 1 amide bonds. The summed E-state index contributed by atoms with van der Waals surface area (Å²) in [6, 6.07) is 8.01. The maximum atomic E-state index is 11.5. The third-order valence-electron chi connectivity index (χ3n) is 2.53. The maximum Gasteiger partial charge on any atom is 0.414 e. The molecule has 1 aromatic rings. The quantitative estimate of drug-likeness (QED) is 0.745.